The summed E-state index contributed by atoms with van der Waals surface area (Å²) in [7, 11) is 1.34. The summed E-state index contributed by atoms with van der Waals surface area (Å²) >= 11 is 1.63. The minimum atomic E-state index is -0.419. The van der Waals surface area contributed by atoms with Gasteiger partial charge in [0.1, 0.15) is 0 Å². The third kappa shape index (κ3) is 5.35. The number of carbonyl (C=O) groups is 2. The summed E-state index contributed by atoms with van der Waals surface area (Å²) in [6.07, 6.45) is 2.08. The molecule has 0 bridgehead atoms. The van der Waals surface area contributed by atoms with Gasteiger partial charge in [-0.3, -0.25) is 9.59 Å². The van der Waals surface area contributed by atoms with E-state index in [4.69, 9.17) is 10.5 Å². The Hall–Kier alpha value is -1.53. The van der Waals surface area contributed by atoms with Crippen molar-refractivity contribution in [2.24, 2.45) is 11.7 Å². The van der Waals surface area contributed by atoms with Crippen molar-refractivity contribution in [1.29, 1.82) is 0 Å². The normalized spacial score (nSPS) is 14.8. The largest absolute Gasteiger partial charge is 0.469 e. The van der Waals surface area contributed by atoms with Gasteiger partial charge in [-0.2, -0.15) is 0 Å². The second-order valence-electron chi connectivity index (χ2n) is 5.26. The number of nitrogens with two attached hydrogens (primary N) is 1. The molecule has 0 spiro atoms. The van der Waals surface area contributed by atoms with Crippen LogP contribution in [0, 0.1) is 5.92 Å². The Bertz CT molecular complexity index is 503. The second kappa shape index (κ2) is 8.80. The number of benzene rings is 1. The van der Waals surface area contributed by atoms with Gasteiger partial charge in [0.05, 0.1) is 19.6 Å². The van der Waals surface area contributed by atoms with Crippen LogP contribution in [0.1, 0.15) is 31.9 Å². The van der Waals surface area contributed by atoms with E-state index in [1.807, 2.05) is 30.5 Å². The topological polar surface area (TPSA) is 81.4 Å². The molecule has 1 amide bonds. The molecule has 0 saturated heterocycles. The molecule has 3 unspecified atom stereocenters. The zero-order valence-electron chi connectivity index (χ0n) is 13.5. The van der Waals surface area contributed by atoms with E-state index in [0.29, 0.717) is 0 Å². The zero-order valence-corrected chi connectivity index (χ0v) is 14.3. The Morgan fingerprint density at radius 3 is 2.32 bits per heavy atom. The molecule has 1 aromatic carbocycles. The number of ether oxygens (including phenoxy) is 1. The van der Waals surface area contributed by atoms with Gasteiger partial charge in [0.15, 0.2) is 0 Å². The van der Waals surface area contributed by atoms with Crippen LogP contribution in [0.25, 0.3) is 0 Å². The maximum absolute atomic E-state index is 12.2. The zero-order chi connectivity index (χ0) is 16.7. The minimum absolute atomic E-state index is 0.0898. The molecule has 0 fully saturated rings. The van der Waals surface area contributed by atoms with Crippen LogP contribution in [0.5, 0.6) is 0 Å². The van der Waals surface area contributed by atoms with Gasteiger partial charge in [0, 0.05) is 16.9 Å². The lowest BCUT2D eigenvalue weighted by Gasteiger charge is -2.22. The Morgan fingerprint density at radius 1 is 1.27 bits per heavy atom. The summed E-state index contributed by atoms with van der Waals surface area (Å²) in [6, 6.07) is 7.08. The van der Waals surface area contributed by atoms with Gasteiger partial charge in [0.2, 0.25) is 5.91 Å². The fourth-order valence-corrected chi connectivity index (χ4v) is 2.29. The molecule has 0 aliphatic carbocycles. The van der Waals surface area contributed by atoms with Crippen molar-refractivity contribution < 1.29 is 14.3 Å². The number of amides is 1. The van der Waals surface area contributed by atoms with Gasteiger partial charge >= 0.3 is 5.97 Å². The van der Waals surface area contributed by atoms with Crippen molar-refractivity contribution in [1.82, 2.24) is 5.32 Å². The average molecular weight is 324 g/mol. The molecule has 3 N–H and O–H groups in total. The van der Waals surface area contributed by atoms with Crippen LogP contribution in [0.4, 0.5) is 0 Å². The molecule has 0 aliphatic rings. The van der Waals surface area contributed by atoms with Crippen LogP contribution in [0.2, 0.25) is 0 Å². The number of methoxy groups -OCH3 is 1. The molecule has 6 heteroatoms. The number of nitrogens with one attached hydrogen (secondary N) is 1. The van der Waals surface area contributed by atoms with Gasteiger partial charge in [-0.1, -0.05) is 19.1 Å². The second-order valence-corrected chi connectivity index (χ2v) is 6.14. The number of hydrogen-bond acceptors (Lipinski definition) is 5. The lowest BCUT2D eigenvalue weighted by atomic mass is 10.00. The molecule has 0 heterocycles. The van der Waals surface area contributed by atoms with E-state index in [-0.39, 0.29) is 30.3 Å². The Labute approximate surface area is 136 Å². The highest BCUT2D eigenvalue weighted by molar-refractivity contribution is 7.98. The SMILES string of the molecule is COC(=O)CC(NC(=O)C(C)C(C)N)c1ccc(SC)cc1. The third-order valence-electron chi connectivity index (χ3n) is 3.64. The van der Waals surface area contributed by atoms with Crippen molar-refractivity contribution in [3.05, 3.63) is 29.8 Å². The molecular weight excluding hydrogens is 300 g/mol. The predicted octanol–water partition coefficient (Wildman–Crippen LogP) is 2.11. The maximum Gasteiger partial charge on any atom is 0.307 e. The van der Waals surface area contributed by atoms with E-state index in [0.717, 1.165) is 10.5 Å². The molecular formula is C16H24N2O3S. The number of esters is 1. The predicted molar refractivity (Wildman–Crippen MR) is 88.6 cm³/mol. The third-order valence-corrected chi connectivity index (χ3v) is 4.38. The van der Waals surface area contributed by atoms with Gasteiger partial charge < -0.3 is 15.8 Å². The summed E-state index contributed by atoms with van der Waals surface area (Å²) in [6.45, 7) is 3.55. The van der Waals surface area contributed by atoms with Gasteiger partial charge in [0.25, 0.3) is 0 Å². The van der Waals surface area contributed by atoms with Crippen LogP contribution in [-0.4, -0.2) is 31.3 Å². The highest BCUT2D eigenvalue weighted by Crippen LogP contribution is 2.22. The van der Waals surface area contributed by atoms with Crippen LogP contribution in [0.3, 0.4) is 0 Å². The maximum atomic E-state index is 12.2. The summed E-state index contributed by atoms with van der Waals surface area (Å²) in [5.41, 5.74) is 6.63. The van der Waals surface area contributed by atoms with Gasteiger partial charge in [-0.05, 0) is 30.9 Å². The molecule has 0 aromatic heterocycles. The van der Waals surface area contributed by atoms with E-state index in [9.17, 15) is 9.59 Å². The first-order valence-electron chi connectivity index (χ1n) is 7.15. The smallest absolute Gasteiger partial charge is 0.307 e. The van der Waals surface area contributed by atoms with Crippen molar-refractivity contribution in [3.8, 4) is 0 Å². The molecule has 22 heavy (non-hydrogen) atoms. The first kappa shape index (κ1) is 18.5. The van der Waals surface area contributed by atoms with Crippen LogP contribution in [0.15, 0.2) is 29.2 Å². The summed E-state index contributed by atoms with van der Waals surface area (Å²) in [5, 5.41) is 2.89. The molecule has 1 aromatic rings. The molecule has 1 rings (SSSR count). The number of hydrogen-bond donors (Lipinski definition) is 2. The van der Waals surface area contributed by atoms with Gasteiger partial charge in [-0.15, -0.1) is 11.8 Å². The highest BCUT2D eigenvalue weighted by Gasteiger charge is 2.23. The van der Waals surface area contributed by atoms with Crippen molar-refractivity contribution >= 4 is 23.6 Å². The summed E-state index contributed by atoms with van der Waals surface area (Å²) < 4.78 is 4.72. The Morgan fingerprint density at radius 2 is 1.86 bits per heavy atom. The molecule has 122 valence electrons. The summed E-state index contributed by atoms with van der Waals surface area (Å²) in [4.78, 5) is 24.9. The number of thioether (sulfide) groups is 1. The fraction of sp³-hybridized carbons (Fsp3) is 0.500. The van der Waals surface area contributed by atoms with Crippen molar-refractivity contribution in [2.75, 3.05) is 13.4 Å². The monoisotopic (exact) mass is 324 g/mol. The lowest BCUT2D eigenvalue weighted by molar-refractivity contribution is -0.141. The van der Waals surface area contributed by atoms with E-state index < -0.39 is 6.04 Å². The fourth-order valence-electron chi connectivity index (χ4n) is 1.88. The van der Waals surface area contributed by atoms with E-state index in [1.165, 1.54) is 7.11 Å². The van der Waals surface area contributed by atoms with Crippen LogP contribution in [-0.2, 0) is 14.3 Å². The Kier molecular flexibility index (Phi) is 7.41. The Balaban J connectivity index is 2.91. The molecule has 0 saturated carbocycles. The first-order valence-corrected chi connectivity index (χ1v) is 8.38. The standard InChI is InChI=1S/C16H24N2O3S/c1-10(11(2)17)16(20)18-14(9-15(19)21-3)12-5-7-13(22-4)8-6-12/h5-8,10-11,14H,9,17H2,1-4H3,(H,18,20). The number of carbonyl (C=O) groups excluding carboxylic acids is 2. The first-order chi connectivity index (χ1) is 10.4. The summed E-state index contributed by atoms with van der Waals surface area (Å²) in [5.74, 6) is -0.865. The molecule has 0 radical (unpaired) electrons. The molecule has 0 aliphatic heterocycles. The number of rotatable bonds is 7. The van der Waals surface area contributed by atoms with Gasteiger partial charge in [-0.25, -0.2) is 0 Å². The molecule has 5 nitrogen and oxygen atoms in total. The van der Waals surface area contributed by atoms with E-state index in [2.05, 4.69) is 5.32 Å². The average Bonchev–Trinajstić information content (AvgIpc) is 2.53. The minimum Gasteiger partial charge on any atom is -0.469 e. The van der Waals surface area contributed by atoms with Crippen molar-refractivity contribution in [3.63, 3.8) is 0 Å². The van der Waals surface area contributed by atoms with E-state index in [1.54, 1.807) is 25.6 Å². The van der Waals surface area contributed by atoms with Crippen molar-refractivity contribution in [2.45, 2.75) is 37.2 Å². The molecule has 3 atom stereocenters. The van der Waals surface area contributed by atoms with Crippen LogP contribution >= 0.6 is 11.8 Å². The van der Waals surface area contributed by atoms with Crippen LogP contribution < -0.4 is 11.1 Å². The van der Waals surface area contributed by atoms with E-state index >= 15 is 0 Å². The lowest BCUT2D eigenvalue weighted by Crippen LogP contribution is -2.40. The highest BCUT2D eigenvalue weighted by atomic mass is 32.2. The quantitative estimate of drug-likeness (QED) is 0.593.